The van der Waals surface area contributed by atoms with Crippen LogP contribution in [0.3, 0.4) is 0 Å². The van der Waals surface area contributed by atoms with Gasteiger partial charge in [-0.2, -0.15) is 0 Å². The Morgan fingerprint density at radius 2 is 2.21 bits per heavy atom. The molecular formula is C9H19IN2O2. The third kappa shape index (κ3) is 4.45. The lowest BCUT2D eigenvalue weighted by atomic mass is 10.3. The molecule has 0 aromatic rings. The maximum Gasteiger partial charge on any atom is 0.407 e. The molecule has 1 rings (SSSR count). The Bertz CT molecular complexity index is 197. The first-order valence-corrected chi connectivity index (χ1v) is 4.80. The summed E-state index contributed by atoms with van der Waals surface area (Å²) < 4.78 is 6.17. The first kappa shape index (κ1) is 14.0. The molecule has 1 atom stereocenters. The van der Waals surface area contributed by atoms with Gasteiger partial charge in [-0.1, -0.05) is 0 Å². The molecule has 0 bridgehead atoms. The number of ether oxygens (including phenoxy) is 1. The lowest BCUT2D eigenvalue weighted by Crippen LogP contribution is -3.00. The molecule has 1 amide bonds. The van der Waals surface area contributed by atoms with Gasteiger partial charge in [0.15, 0.2) is 6.10 Å². The van der Waals surface area contributed by atoms with Gasteiger partial charge in [0.05, 0.1) is 20.6 Å². The molecule has 1 heterocycles. The van der Waals surface area contributed by atoms with E-state index in [1.165, 1.54) is 0 Å². The Balaban J connectivity index is 0.00000169. The highest BCUT2D eigenvalue weighted by Gasteiger charge is 2.33. The van der Waals surface area contributed by atoms with E-state index < -0.39 is 0 Å². The van der Waals surface area contributed by atoms with E-state index in [4.69, 9.17) is 4.74 Å². The van der Waals surface area contributed by atoms with Crippen LogP contribution in [0.5, 0.6) is 0 Å². The van der Waals surface area contributed by atoms with Gasteiger partial charge in [0.2, 0.25) is 0 Å². The molecule has 0 aromatic heterocycles. The minimum atomic E-state index is -0.283. The van der Waals surface area contributed by atoms with Gasteiger partial charge in [-0.3, -0.25) is 0 Å². The third-order valence-corrected chi connectivity index (χ3v) is 2.35. The van der Waals surface area contributed by atoms with Crippen molar-refractivity contribution in [2.24, 2.45) is 0 Å². The lowest BCUT2D eigenvalue weighted by Gasteiger charge is -2.22. The quantitative estimate of drug-likeness (QED) is 0.455. The zero-order valence-electron chi connectivity index (χ0n) is 9.05. The van der Waals surface area contributed by atoms with Crippen molar-refractivity contribution in [2.45, 2.75) is 19.4 Å². The monoisotopic (exact) mass is 314 g/mol. The predicted molar refractivity (Wildman–Crippen MR) is 50.4 cm³/mol. The summed E-state index contributed by atoms with van der Waals surface area (Å²) in [5, 5.41) is 2.63. The second kappa shape index (κ2) is 5.75. The molecule has 0 aliphatic carbocycles. The molecule has 0 spiro atoms. The van der Waals surface area contributed by atoms with Crippen molar-refractivity contribution in [1.82, 2.24) is 5.32 Å². The van der Waals surface area contributed by atoms with Gasteiger partial charge < -0.3 is 38.5 Å². The van der Waals surface area contributed by atoms with Crippen LogP contribution in [0.2, 0.25) is 0 Å². The van der Waals surface area contributed by atoms with Gasteiger partial charge in [-0.05, 0) is 6.92 Å². The summed E-state index contributed by atoms with van der Waals surface area (Å²) in [7, 11) is 4.31. The van der Waals surface area contributed by atoms with Gasteiger partial charge in [-0.25, -0.2) is 4.79 Å². The first-order valence-electron chi connectivity index (χ1n) is 4.80. The summed E-state index contributed by atoms with van der Waals surface area (Å²) in [6.07, 6.45) is 0.792. The standard InChI is InChI=1S/C9H18N2O2.HI/c1-4-10-9(12)13-8-5-6-11(2,3)7-8;/h8H,4-7H2,1-3H3;1H. The van der Waals surface area contributed by atoms with Crippen molar-refractivity contribution in [3.05, 3.63) is 0 Å². The van der Waals surface area contributed by atoms with Crippen LogP contribution in [0.25, 0.3) is 0 Å². The number of nitrogens with one attached hydrogen (secondary N) is 1. The van der Waals surface area contributed by atoms with Crippen LogP contribution in [0.1, 0.15) is 13.3 Å². The number of hydrogen-bond acceptors (Lipinski definition) is 2. The second-order valence-electron chi connectivity index (χ2n) is 4.19. The number of amides is 1. The molecule has 5 heteroatoms. The van der Waals surface area contributed by atoms with Gasteiger partial charge in [0, 0.05) is 13.0 Å². The molecule has 0 aromatic carbocycles. The van der Waals surface area contributed by atoms with Gasteiger partial charge in [-0.15, -0.1) is 0 Å². The first-order chi connectivity index (χ1) is 6.03. The summed E-state index contributed by atoms with van der Waals surface area (Å²) in [5.41, 5.74) is 0. The van der Waals surface area contributed by atoms with Crippen molar-refractivity contribution in [1.29, 1.82) is 0 Å². The van der Waals surface area contributed by atoms with Crippen molar-refractivity contribution >= 4 is 6.09 Å². The molecule has 0 saturated carbocycles. The fraction of sp³-hybridized carbons (Fsp3) is 0.889. The zero-order chi connectivity index (χ0) is 9.90. The predicted octanol–water partition coefficient (Wildman–Crippen LogP) is -2.41. The van der Waals surface area contributed by atoms with E-state index in [1.807, 2.05) is 6.92 Å². The summed E-state index contributed by atoms with van der Waals surface area (Å²) in [5.74, 6) is 0. The Kier molecular flexibility index (Phi) is 5.73. The number of likely N-dealkylation sites (tertiary alicyclic amines) is 1. The molecule has 1 aliphatic heterocycles. The van der Waals surface area contributed by atoms with Crippen LogP contribution in [-0.4, -0.2) is 50.4 Å². The zero-order valence-corrected chi connectivity index (χ0v) is 11.2. The molecule has 1 fully saturated rings. The van der Waals surface area contributed by atoms with E-state index >= 15 is 0 Å². The molecule has 14 heavy (non-hydrogen) atoms. The molecule has 1 saturated heterocycles. The molecule has 4 nitrogen and oxygen atoms in total. The maximum absolute atomic E-state index is 11.1. The van der Waals surface area contributed by atoms with Crippen LogP contribution >= 0.6 is 0 Å². The minimum Gasteiger partial charge on any atom is -1.00 e. The van der Waals surface area contributed by atoms with Gasteiger partial charge >= 0.3 is 6.09 Å². The van der Waals surface area contributed by atoms with Crippen LogP contribution in [0, 0.1) is 0 Å². The van der Waals surface area contributed by atoms with Crippen molar-refractivity contribution in [3.63, 3.8) is 0 Å². The third-order valence-electron chi connectivity index (χ3n) is 2.35. The van der Waals surface area contributed by atoms with Crippen molar-refractivity contribution < 1.29 is 38.0 Å². The number of quaternary nitrogens is 1. The van der Waals surface area contributed by atoms with E-state index in [9.17, 15) is 4.79 Å². The molecular weight excluding hydrogens is 295 g/mol. The smallest absolute Gasteiger partial charge is 0.407 e. The van der Waals surface area contributed by atoms with E-state index in [1.54, 1.807) is 0 Å². The Labute approximate surface area is 103 Å². The van der Waals surface area contributed by atoms with E-state index in [0.29, 0.717) is 6.54 Å². The summed E-state index contributed by atoms with van der Waals surface area (Å²) >= 11 is 0. The van der Waals surface area contributed by atoms with Crippen LogP contribution in [0.15, 0.2) is 0 Å². The Morgan fingerprint density at radius 3 is 2.64 bits per heavy atom. The van der Waals surface area contributed by atoms with E-state index in [-0.39, 0.29) is 36.2 Å². The highest BCUT2D eigenvalue weighted by molar-refractivity contribution is 5.67. The van der Waals surface area contributed by atoms with Crippen molar-refractivity contribution in [2.75, 3.05) is 33.7 Å². The van der Waals surface area contributed by atoms with Crippen LogP contribution in [-0.2, 0) is 4.74 Å². The number of rotatable bonds is 2. The lowest BCUT2D eigenvalue weighted by molar-refractivity contribution is -0.879. The van der Waals surface area contributed by atoms with Gasteiger partial charge in [0.1, 0.15) is 6.54 Å². The number of halogens is 1. The fourth-order valence-corrected chi connectivity index (χ4v) is 1.66. The number of carbonyl (C=O) groups excluding carboxylic acids is 1. The molecule has 1 unspecified atom stereocenters. The van der Waals surface area contributed by atoms with E-state index in [0.717, 1.165) is 24.0 Å². The van der Waals surface area contributed by atoms with Gasteiger partial charge in [0.25, 0.3) is 0 Å². The molecule has 84 valence electrons. The number of alkyl carbamates (subject to hydrolysis) is 1. The number of hydrogen-bond donors (Lipinski definition) is 1. The highest BCUT2D eigenvalue weighted by Crippen LogP contribution is 2.16. The molecule has 0 radical (unpaired) electrons. The average Bonchev–Trinajstić information content (AvgIpc) is 2.30. The minimum absolute atomic E-state index is 0. The number of nitrogens with zero attached hydrogens (tertiary/aromatic N) is 1. The maximum atomic E-state index is 11.1. The average molecular weight is 314 g/mol. The SMILES string of the molecule is CCNC(=O)OC1CC[N+](C)(C)C1.[I-]. The van der Waals surface area contributed by atoms with Crippen LogP contribution < -0.4 is 29.3 Å². The summed E-state index contributed by atoms with van der Waals surface area (Å²) in [6, 6.07) is 0. The van der Waals surface area contributed by atoms with Crippen LogP contribution in [0.4, 0.5) is 4.79 Å². The normalized spacial score (nSPS) is 23.8. The number of likely N-dealkylation sites (N-methyl/N-ethyl adjacent to an activating group) is 1. The molecule has 1 aliphatic rings. The Hall–Kier alpha value is -0.0400. The Morgan fingerprint density at radius 1 is 1.57 bits per heavy atom. The topological polar surface area (TPSA) is 38.3 Å². The van der Waals surface area contributed by atoms with E-state index in [2.05, 4.69) is 19.4 Å². The molecule has 1 N–H and O–H groups in total. The highest BCUT2D eigenvalue weighted by atomic mass is 127. The second-order valence-corrected chi connectivity index (χ2v) is 4.19. The van der Waals surface area contributed by atoms with Crippen molar-refractivity contribution in [3.8, 4) is 0 Å². The number of carbonyl (C=O) groups is 1. The largest absolute Gasteiger partial charge is 1.00 e. The fourth-order valence-electron chi connectivity index (χ4n) is 1.66. The summed E-state index contributed by atoms with van der Waals surface area (Å²) in [6.45, 7) is 4.53. The summed E-state index contributed by atoms with van der Waals surface area (Å²) in [4.78, 5) is 11.1.